The van der Waals surface area contributed by atoms with E-state index >= 15 is 0 Å². The first-order valence-corrected chi connectivity index (χ1v) is 10.8. The first-order chi connectivity index (χ1) is 13.1. The molecular formula is C18H26N5O2S2+. The number of thioether (sulfide) groups is 1. The van der Waals surface area contributed by atoms with Gasteiger partial charge in [0.05, 0.1) is 45.1 Å². The van der Waals surface area contributed by atoms with E-state index in [1.54, 1.807) is 12.0 Å². The molecule has 0 saturated carbocycles. The fourth-order valence-corrected chi connectivity index (χ4v) is 4.96. The number of amides is 1. The summed E-state index contributed by atoms with van der Waals surface area (Å²) in [4.78, 5) is 16.2. The van der Waals surface area contributed by atoms with E-state index in [2.05, 4.69) is 22.4 Å². The molecule has 2 aromatic rings. The summed E-state index contributed by atoms with van der Waals surface area (Å²) in [6.45, 7) is 9.02. The fraction of sp³-hybridized carbons (Fsp3) is 0.500. The Balaban J connectivity index is 1.52. The zero-order valence-corrected chi connectivity index (χ0v) is 17.5. The minimum Gasteiger partial charge on any atom is -0.497 e. The van der Waals surface area contributed by atoms with E-state index in [4.69, 9.17) is 4.74 Å². The Morgan fingerprint density at radius 3 is 2.67 bits per heavy atom. The van der Waals surface area contributed by atoms with Gasteiger partial charge in [0.1, 0.15) is 5.75 Å². The van der Waals surface area contributed by atoms with Gasteiger partial charge in [-0.05, 0) is 38.1 Å². The van der Waals surface area contributed by atoms with Crippen molar-refractivity contribution in [3.63, 3.8) is 0 Å². The molecule has 1 amide bonds. The first kappa shape index (κ1) is 19.9. The molecule has 0 unspecified atom stereocenters. The summed E-state index contributed by atoms with van der Waals surface area (Å²) in [6, 6.07) is 7.63. The highest BCUT2D eigenvalue weighted by molar-refractivity contribution is 8.02. The molecule has 1 saturated heterocycles. The van der Waals surface area contributed by atoms with Gasteiger partial charge in [0, 0.05) is 5.69 Å². The maximum atomic E-state index is 12.7. The molecular weight excluding hydrogens is 382 g/mol. The van der Waals surface area contributed by atoms with Gasteiger partial charge in [0.15, 0.2) is 4.34 Å². The van der Waals surface area contributed by atoms with Crippen LogP contribution in [0.1, 0.15) is 13.8 Å². The van der Waals surface area contributed by atoms with Crippen molar-refractivity contribution in [3.8, 4) is 5.75 Å². The largest absolute Gasteiger partial charge is 0.497 e. The molecule has 1 aromatic heterocycles. The Kier molecular flexibility index (Phi) is 6.92. The maximum Gasteiger partial charge on any atom is 0.236 e. The average Bonchev–Trinajstić information content (AvgIpc) is 3.14. The number of hydrogen-bond acceptors (Lipinski definition) is 7. The van der Waals surface area contributed by atoms with Crippen LogP contribution in [-0.4, -0.2) is 66.1 Å². The number of carbonyl (C=O) groups is 1. The molecule has 2 heterocycles. The number of piperazine rings is 1. The lowest BCUT2D eigenvalue weighted by Gasteiger charge is -2.32. The van der Waals surface area contributed by atoms with Crippen molar-refractivity contribution in [3.05, 3.63) is 24.3 Å². The van der Waals surface area contributed by atoms with Gasteiger partial charge in [-0.15, -0.1) is 10.2 Å². The Morgan fingerprint density at radius 2 is 2.04 bits per heavy atom. The molecule has 1 aliphatic heterocycles. The predicted octanol–water partition coefficient (Wildman–Crippen LogP) is 1.52. The van der Waals surface area contributed by atoms with Crippen molar-refractivity contribution < 1.29 is 14.4 Å². The minimum atomic E-state index is -0.157. The van der Waals surface area contributed by atoms with Gasteiger partial charge in [-0.25, -0.2) is 0 Å². The van der Waals surface area contributed by atoms with Gasteiger partial charge in [-0.3, -0.25) is 4.79 Å². The van der Waals surface area contributed by atoms with Gasteiger partial charge in [0.2, 0.25) is 11.0 Å². The van der Waals surface area contributed by atoms with Crippen molar-refractivity contribution in [1.29, 1.82) is 0 Å². The van der Waals surface area contributed by atoms with Crippen LogP contribution in [0.15, 0.2) is 28.6 Å². The lowest BCUT2D eigenvalue weighted by molar-refractivity contribution is -0.902. The van der Waals surface area contributed by atoms with Crippen LogP contribution < -0.4 is 15.0 Å². The van der Waals surface area contributed by atoms with Crippen LogP contribution in [0.4, 0.5) is 10.8 Å². The molecule has 1 fully saturated rings. The molecule has 0 radical (unpaired) electrons. The Morgan fingerprint density at radius 1 is 1.33 bits per heavy atom. The number of likely N-dealkylation sites (N-methyl/N-ethyl adjacent to an activating group) is 1. The summed E-state index contributed by atoms with van der Waals surface area (Å²) in [5, 5.41) is 12.2. The normalized spacial score (nSPS) is 16.2. The van der Waals surface area contributed by atoms with Crippen LogP contribution in [0.5, 0.6) is 5.75 Å². The number of hydrogen-bond donors (Lipinski definition) is 2. The van der Waals surface area contributed by atoms with E-state index < -0.39 is 0 Å². The van der Waals surface area contributed by atoms with Gasteiger partial charge in [0.25, 0.3) is 0 Å². The summed E-state index contributed by atoms with van der Waals surface area (Å²) in [6.07, 6.45) is 0. The molecule has 7 nitrogen and oxygen atoms in total. The first-order valence-electron chi connectivity index (χ1n) is 9.12. The SMILES string of the molecule is CC[NH+]1CCN(C(=O)[C@H](C)Sc2nnc(Nc3ccc(OC)cc3)s2)CC1. The third-order valence-electron chi connectivity index (χ3n) is 4.66. The molecule has 0 aliphatic carbocycles. The summed E-state index contributed by atoms with van der Waals surface area (Å²) in [7, 11) is 1.64. The Hall–Kier alpha value is -1.84. The van der Waals surface area contributed by atoms with Crippen LogP contribution in [0.3, 0.4) is 0 Å². The summed E-state index contributed by atoms with van der Waals surface area (Å²) >= 11 is 2.93. The monoisotopic (exact) mass is 408 g/mol. The second kappa shape index (κ2) is 9.38. The number of methoxy groups -OCH3 is 1. The van der Waals surface area contributed by atoms with E-state index in [1.165, 1.54) is 23.1 Å². The predicted molar refractivity (Wildman–Crippen MR) is 109 cm³/mol. The van der Waals surface area contributed by atoms with Crippen molar-refractivity contribution in [2.24, 2.45) is 0 Å². The standard InChI is InChI=1S/C18H25N5O2S2/c1-4-22-9-11-23(12-10-22)16(24)13(2)26-18-21-20-17(27-18)19-14-5-7-15(25-3)8-6-14/h5-8,13H,4,9-12H2,1-3H3,(H,19,20)/p+1/t13-/m0/s1. The maximum absolute atomic E-state index is 12.7. The fourth-order valence-electron chi connectivity index (χ4n) is 2.96. The molecule has 146 valence electrons. The molecule has 27 heavy (non-hydrogen) atoms. The van der Waals surface area contributed by atoms with Crippen LogP contribution in [0.25, 0.3) is 0 Å². The number of benzene rings is 1. The lowest BCUT2D eigenvalue weighted by atomic mass is 10.3. The van der Waals surface area contributed by atoms with E-state index in [0.717, 1.165) is 48.5 Å². The number of anilines is 2. The number of quaternary nitrogens is 1. The van der Waals surface area contributed by atoms with Gasteiger partial charge < -0.3 is 19.9 Å². The number of nitrogens with zero attached hydrogens (tertiary/aromatic N) is 3. The molecule has 0 bridgehead atoms. The third-order valence-corrected chi connectivity index (χ3v) is 6.67. The smallest absolute Gasteiger partial charge is 0.236 e. The molecule has 1 aliphatic rings. The van der Waals surface area contributed by atoms with Crippen LogP contribution in [-0.2, 0) is 4.79 Å². The highest BCUT2D eigenvalue weighted by Crippen LogP contribution is 2.31. The van der Waals surface area contributed by atoms with Crippen LogP contribution in [0.2, 0.25) is 0 Å². The number of rotatable bonds is 7. The van der Waals surface area contributed by atoms with Gasteiger partial charge in [-0.1, -0.05) is 23.1 Å². The van der Waals surface area contributed by atoms with Crippen LogP contribution in [0, 0.1) is 0 Å². The van der Waals surface area contributed by atoms with Crippen molar-refractivity contribution in [2.75, 3.05) is 45.2 Å². The summed E-state index contributed by atoms with van der Waals surface area (Å²) < 4.78 is 5.95. The van der Waals surface area contributed by atoms with Crippen molar-refractivity contribution in [2.45, 2.75) is 23.4 Å². The van der Waals surface area contributed by atoms with E-state index in [0.29, 0.717) is 5.13 Å². The van der Waals surface area contributed by atoms with Gasteiger partial charge >= 0.3 is 0 Å². The molecule has 1 aromatic carbocycles. The topological polar surface area (TPSA) is 71.8 Å². The highest BCUT2D eigenvalue weighted by Gasteiger charge is 2.27. The number of nitrogens with one attached hydrogen (secondary N) is 2. The quantitative estimate of drug-likeness (QED) is 0.677. The summed E-state index contributed by atoms with van der Waals surface area (Å²) in [5.41, 5.74) is 0.920. The molecule has 3 rings (SSSR count). The Bertz CT molecular complexity index is 744. The second-order valence-corrected chi connectivity index (χ2v) is 8.98. The average molecular weight is 409 g/mol. The summed E-state index contributed by atoms with van der Waals surface area (Å²) in [5.74, 6) is 0.998. The highest BCUT2D eigenvalue weighted by atomic mass is 32.2. The second-order valence-electron chi connectivity index (χ2n) is 6.42. The molecule has 9 heteroatoms. The Labute approximate surface area is 168 Å². The van der Waals surface area contributed by atoms with Gasteiger partial charge in [-0.2, -0.15) is 0 Å². The third kappa shape index (κ3) is 5.33. The van der Waals surface area contributed by atoms with Crippen molar-refractivity contribution in [1.82, 2.24) is 15.1 Å². The van der Waals surface area contributed by atoms with E-state index in [-0.39, 0.29) is 11.2 Å². The molecule has 2 N–H and O–H groups in total. The molecule has 0 spiro atoms. The zero-order chi connectivity index (χ0) is 19.2. The van der Waals surface area contributed by atoms with E-state index in [1.807, 2.05) is 36.1 Å². The van der Waals surface area contributed by atoms with Crippen LogP contribution >= 0.6 is 23.1 Å². The number of aromatic nitrogens is 2. The number of ether oxygens (including phenoxy) is 1. The van der Waals surface area contributed by atoms with Crippen molar-refractivity contribution >= 4 is 39.8 Å². The molecule has 1 atom stereocenters. The van der Waals surface area contributed by atoms with E-state index in [9.17, 15) is 4.79 Å². The number of carbonyl (C=O) groups excluding carboxylic acids is 1. The minimum absolute atomic E-state index is 0.157. The lowest BCUT2D eigenvalue weighted by Crippen LogP contribution is -3.14. The zero-order valence-electron chi connectivity index (χ0n) is 15.9.